The smallest absolute Gasteiger partial charge is 0.225 e. The highest BCUT2D eigenvalue weighted by atomic mass is 16.5. The molecule has 2 N–H and O–H groups in total. The van der Waals surface area contributed by atoms with Crippen LogP contribution in [0.2, 0.25) is 0 Å². The Morgan fingerprint density at radius 1 is 1.25 bits per heavy atom. The van der Waals surface area contributed by atoms with Gasteiger partial charge in [0.15, 0.2) is 0 Å². The molecular formula is C21H32N4O3. The molecule has 2 saturated heterocycles. The first-order valence-electron chi connectivity index (χ1n) is 10.3. The fraction of sp³-hybridized carbons (Fsp3) is 0.619. The predicted octanol–water partition coefficient (Wildman–Crippen LogP) is 1.16. The summed E-state index contributed by atoms with van der Waals surface area (Å²) in [7, 11) is 0. The highest BCUT2D eigenvalue weighted by molar-refractivity contribution is 5.79. The van der Waals surface area contributed by atoms with Gasteiger partial charge in [0, 0.05) is 57.8 Å². The summed E-state index contributed by atoms with van der Waals surface area (Å²) in [5.74, 6) is 0.656. The Hall–Kier alpha value is -2.12. The van der Waals surface area contributed by atoms with Gasteiger partial charge in [-0.2, -0.15) is 0 Å². The van der Waals surface area contributed by atoms with Crippen LogP contribution in [-0.4, -0.2) is 73.5 Å². The summed E-state index contributed by atoms with van der Waals surface area (Å²) in [6, 6.07) is 7.68. The molecule has 2 aliphatic rings. The lowest BCUT2D eigenvalue weighted by molar-refractivity contribution is -0.131. The number of carbonyl (C=O) groups excluding carboxylic acids is 2. The molecule has 0 aliphatic carbocycles. The molecule has 7 heteroatoms. The number of nitrogens with one attached hydrogen (secondary N) is 2. The minimum Gasteiger partial charge on any atom is -0.494 e. The van der Waals surface area contributed by atoms with Crippen LogP contribution in [0.1, 0.15) is 38.3 Å². The molecule has 2 amide bonds. The second-order valence-electron chi connectivity index (χ2n) is 7.50. The number of piperazine rings is 1. The number of hydrogen-bond acceptors (Lipinski definition) is 5. The van der Waals surface area contributed by atoms with Crippen LogP contribution in [-0.2, 0) is 9.59 Å². The molecule has 2 heterocycles. The molecule has 1 aromatic rings. The van der Waals surface area contributed by atoms with E-state index in [0.717, 1.165) is 57.0 Å². The zero-order valence-corrected chi connectivity index (χ0v) is 16.9. The van der Waals surface area contributed by atoms with Crippen LogP contribution >= 0.6 is 0 Å². The van der Waals surface area contributed by atoms with Gasteiger partial charge in [-0.05, 0) is 19.4 Å². The zero-order chi connectivity index (χ0) is 19.9. The predicted molar refractivity (Wildman–Crippen MR) is 108 cm³/mol. The third kappa shape index (κ3) is 5.23. The molecule has 0 bridgehead atoms. The monoisotopic (exact) mass is 388 g/mol. The Bertz CT molecular complexity index is 675. The molecule has 1 aromatic carbocycles. The van der Waals surface area contributed by atoms with E-state index < -0.39 is 0 Å². The van der Waals surface area contributed by atoms with Gasteiger partial charge in [-0.25, -0.2) is 0 Å². The van der Waals surface area contributed by atoms with Gasteiger partial charge in [0.2, 0.25) is 11.8 Å². The summed E-state index contributed by atoms with van der Waals surface area (Å²) in [4.78, 5) is 29.2. The number of hydrogen-bond donors (Lipinski definition) is 2. The van der Waals surface area contributed by atoms with Gasteiger partial charge >= 0.3 is 0 Å². The average Bonchev–Trinajstić information content (AvgIpc) is 3.19. The Morgan fingerprint density at radius 3 is 2.71 bits per heavy atom. The molecule has 0 saturated carbocycles. The van der Waals surface area contributed by atoms with E-state index >= 15 is 0 Å². The average molecular weight is 389 g/mol. The molecule has 0 spiro atoms. The summed E-state index contributed by atoms with van der Waals surface area (Å²) < 4.78 is 5.71. The van der Waals surface area contributed by atoms with Gasteiger partial charge in [-0.3, -0.25) is 14.5 Å². The Morgan fingerprint density at radius 2 is 2.00 bits per heavy atom. The molecule has 3 rings (SSSR count). The van der Waals surface area contributed by atoms with Gasteiger partial charge in [-0.15, -0.1) is 0 Å². The normalized spacial score (nSPS) is 21.4. The van der Waals surface area contributed by atoms with Crippen LogP contribution in [0.5, 0.6) is 5.75 Å². The summed E-state index contributed by atoms with van der Waals surface area (Å²) in [6.07, 6.45) is 1.27. The summed E-state index contributed by atoms with van der Waals surface area (Å²) in [6.45, 7) is 9.63. The van der Waals surface area contributed by atoms with Crippen LogP contribution in [0.3, 0.4) is 0 Å². The van der Waals surface area contributed by atoms with Crippen molar-refractivity contribution in [1.82, 2.24) is 20.4 Å². The molecular weight excluding hydrogens is 356 g/mol. The standard InChI is InChI=1S/C21H32N4O3/c1-3-28-20-7-5-4-6-18(20)19(23-16(2)26)14-21(27)25-11-8-17(15-25)24-12-9-22-10-13-24/h4-7,17,19,22H,3,8-15H2,1-2H3,(H,23,26). The van der Waals surface area contributed by atoms with Gasteiger partial charge in [0.1, 0.15) is 5.75 Å². The summed E-state index contributed by atoms with van der Waals surface area (Å²) in [5.41, 5.74) is 0.853. The maximum Gasteiger partial charge on any atom is 0.225 e. The highest BCUT2D eigenvalue weighted by Gasteiger charge is 2.32. The molecule has 0 radical (unpaired) electrons. The topological polar surface area (TPSA) is 73.9 Å². The molecule has 154 valence electrons. The Balaban J connectivity index is 1.66. The fourth-order valence-electron chi connectivity index (χ4n) is 4.16. The summed E-state index contributed by atoms with van der Waals surface area (Å²) >= 11 is 0. The van der Waals surface area contributed by atoms with Crippen molar-refractivity contribution in [2.24, 2.45) is 0 Å². The van der Waals surface area contributed by atoms with Crippen LogP contribution < -0.4 is 15.4 Å². The van der Waals surface area contributed by atoms with Crippen molar-refractivity contribution in [3.63, 3.8) is 0 Å². The number of ether oxygens (including phenoxy) is 1. The van der Waals surface area contributed by atoms with Crippen molar-refractivity contribution < 1.29 is 14.3 Å². The van der Waals surface area contributed by atoms with Crippen molar-refractivity contribution in [3.8, 4) is 5.75 Å². The second kappa shape index (κ2) is 9.89. The molecule has 2 fully saturated rings. The van der Waals surface area contributed by atoms with E-state index in [1.54, 1.807) is 0 Å². The molecule has 2 atom stereocenters. The minimum absolute atomic E-state index is 0.0858. The van der Waals surface area contributed by atoms with E-state index in [4.69, 9.17) is 4.74 Å². The lowest BCUT2D eigenvalue weighted by atomic mass is 10.0. The van der Waals surface area contributed by atoms with E-state index in [-0.39, 0.29) is 24.3 Å². The van der Waals surface area contributed by atoms with Crippen molar-refractivity contribution in [2.45, 2.75) is 38.8 Å². The number of benzene rings is 1. The van der Waals surface area contributed by atoms with Gasteiger partial charge in [-0.1, -0.05) is 18.2 Å². The van der Waals surface area contributed by atoms with Crippen LogP contribution in [0.25, 0.3) is 0 Å². The van der Waals surface area contributed by atoms with Gasteiger partial charge in [0.05, 0.1) is 19.1 Å². The molecule has 2 unspecified atom stereocenters. The third-order valence-electron chi connectivity index (χ3n) is 5.53. The zero-order valence-electron chi connectivity index (χ0n) is 16.9. The molecule has 7 nitrogen and oxygen atoms in total. The number of likely N-dealkylation sites (tertiary alicyclic amines) is 1. The van der Waals surface area contributed by atoms with E-state index in [2.05, 4.69) is 15.5 Å². The maximum atomic E-state index is 13.0. The van der Waals surface area contributed by atoms with Gasteiger partial charge < -0.3 is 20.3 Å². The largest absolute Gasteiger partial charge is 0.494 e. The lowest BCUT2D eigenvalue weighted by Gasteiger charge is -2.32. The van der Waals surface area contributed by atoms with E-state index in [9.17, 15) is 9.59 Å². The van der Waals surface area contributed by atoms with E-state index in [0.29, 0.717) is 12.6 Å². The second-order valence-corrected chi connectivity index (χ2v) is 7.50. The maximum absolute atomic E-state index is 13.0. The van der Waals surface area contributed by atoms with Crippen LogP contribution in [0, 0.1) is 0 Å². The molecule has 0 aromatic heterocycles. The van der Waals surface area contributed by atoms with E-state index in [1.165, 1.54) is 6.92 Å². The van der Waals surface area contributed by atoms with Crippen molar-refractivity contribution in [1.29, 1.82) is 0 Å². The first kappa shape index (κ1) is 20.6. The Kier molecular flexibility index (Phi) is 7.28. The van der Waals surface area contributed by atoms with Crippen molar-refractivity contribution in [2.75, 3.05) is 45.9 Å². The SMILES string of the molecule is CCOc1ccccc1C(CC(=O)N1CCC(N2CCNCC2)C1)NC(C)=O. The first-order valence-corrected chi connectivity index (χ1v) is 10.3. The number of para-hydroxylation sites is 1. The number of amides is 2. The quantitative estimate of drug-likeness (QED) is 0.733. The molecule has 28 heavy (non-hydrogen) atoms. The van der Waals surface area contributed by atoms with Crippen LogP contribution in [0.4, 0.5) is 0 Å². The number of carbonyl (C=O) groups is 2. The highest BCUT2D eigenvalue weighted by Crippen LogP contribution is 2.29. The van der Waals surface area contributed by atoms with E-state index in [1.807, 2.05) is 36.1 Å². The molecule has 2 aliphatic heterocycles. The van der Waals surface area contributed by atoms with Crippen LogP contribution in [0.15, 0.2) is 24.3 Å². The number of nitrogens with zero attached hydrogens (tertiary/aromatic N) is 2. The fourth-order valence-corrected chi connectivity index (χ4v) is 4.16. The Labute approximate surface area is 167 Å². The third-order valence-corrected chi connectivity index (χ3v) is 5.53. The number of rotatable bonds is 7. The van der Waals surface area contributed by atoms with Crippen molar-refractivity contribution in [3.05, 3.63) is 29.8 Å². The summed E-state index contributed by atoms with van der Waals surface area (Å²) in [5, 5.41) is 6.31. The lowest BCUT2D eigenvalue weighted by Crippen LogP contribution is -2.49. The first-order chi connectivity index (χ1) is 13.6. The van der Waals surface area contributed by atoms with Crippen molar-refractivity contribution >= 4 is 11.8 Å². The van der Waals surface area contributed by atoms with Gasteiger partial charge in [0.25, 0.3) is 0 Å². The minimum atomic E-state index is -0.383.